The summed E-state index contributed by atoms with van der Waals surface area (Å²) < 4.78 is 16.3. The van der Waals surface area contributed by atoms with Crippen molar-refractivity contribution in [3.05, 3.63) is 47.4 Å². The van der Waals surface area contributed by atoms with E-state index >= 15 is 0 Å². The van der Waals surface area contributed by atoms with Gasteiger partial charge in [-0.1, -0.05) is 24.2 Å². The summed E-state index contributed by atoms with van der Waals surface area (Å²) in [6.07, 6.45) is 3.35. The number of hydrogen-bond donors (Lipinski definition) is 0. The molecule has 0 aliphatic carbocycles. The molecular weight excluding hydrogens is 436 g/mol. The zero-order valence-corrected chi connectivity index (χ0v) is 19.8. The SMILES string of the molecule is CC(=NOc1ncnc(N2CCC(c3nc(C(C)C)no3)CC2)c1C)c1ccc2c(c1)OCO2. The number of fused-ring (bicyclic) bond motifs is 1. The van der Waals surface area contributed by atoms with Crippen LogP contribution in [0.4, 0.5) is 5.82 Å². The summed E-state index contributed by atoms with van der Waals surface area (Å²) in [5, 5.41) is 8.39. The fourth-order valence-corrected chi connectivity index (χ4v) is 4.11. The highest BCUT2D eigenvalue weighted by atomic mass is 16.7. The Morgan fingerprint density at radius 1 is 1.15 bits per heavy atom. The normalized spacial score (nSPS) is 16.4. The van der Waals surface area contributed by atoms with Gasteiger partial charge in [0.25, 0.3) is 5.88 Å². The van der Waals surface area contributed by atoms with Crippen molar-refractivity contribution in [1.29, 1.82) is 0 Å². The van der Waals surface area contributed by atoms with Crippen molar-refractivity contribution in [2.75, 3.05) is 24.8 Å². The number of aromatic nitrogens is 4. The van der Waals surface area contributed by atoms with Crippen LogP contribution in [0.3, 0.4) is 0 Å². The number of benzene rings is 1. The average molecular weight is 465 g/mol. The molecule has 1 aromatic carbocycles. The Kier molecular flexibility index (Phi) is 6.04. The zero-order chi connectivity index (χ0) is 23.7. The molecule has 3 aromatic rings. The molecule has 0 amide bonds. The summed E-state index contributed by atoms with van der Waals surface area (Å²) in [5.74, 6) is 4.76. The minimum atomic E-state index is 0.236. The fourth-order valence-electron chi connectivity index (χ4n) is 4.11. The van der Waals surface area contributed by atoms with Crippen LogP contribution >= 0.6 is 0 Å². The Labute approximate surface area is 197 Å². The van der Waals surface area contributed by atoms with Gasteiger partial charge in [0.05, 0.1) is 11.3 Å². The molecule has 178 valence electrons. The predicted octanol–water partition coefficient (Wildman–Crippen LogP) is 4.21. The molecular formula is C24H28N6O4. The molecule has 2 aromatic heterocycles. The van der Waals surface area contributed by atoms with Crippen LogP contribution in [0.15, 0.2) is 34.2 Å². The molecule has 1 saturated heterocycles. The molecule has 2 aliphatic heterocycles. The first kappa shape index (κ1) is 22.1. The van der Waals surface area contributed by atoms with E-state index in [-0.39, 0.29) is 18.6 Å². The highest BCUT2D eigenvalue weighted by molar-refractivity contribution is 5.99. The van der Waals surface area contributed by atoms with Crippen molar-refractivity contribution in [3.63, 3.8) is 0 Å². The van der Waals surface area contributed by atoms with Gasteiger partial charge in [0, 0.05) is 30.5 Å². The number of rotatable bonds is 6. The van der Waals surface area contributed by atoms with Crippen LogP contribution in [-0.4, -0.2) is 45.7 Å². The number of piperidine rings is 1. The summed E-state index contributed by atoms with van der Waals surface area (Å²) in [6, 6.07) is 5.68. The standard InChI is InChI=1S/C24H28N6O4/c1-14(2)21-27-24(34-29-21)17-7-9-30(10-8-17)22-15(3)23(26-12-25-22)33-28-16(4)18-5-6-19-20(11-18)32-13-31-19/h5-6,11-12,14,17H,7-10,13H2,1-4H3. The molecule has 0 unspecified atom stereocenters. The first-order valence-electron chi connectivity index (χ1n) is 11.5. The number of ether oxygens (including phenoxy) is 2. The Morgan fingerprint density at radius 2 is 1.94 bits per heavy atom. The van der Waals surface area contributed by atoms with E-state index < -0.39 is 0 Å². The maximum atomic E-state index is 5.72. The van der Waals surface area contributed by atoms with Gasteiger partial charge in [0.1, 0.15) is 12.1 Å². The van der Waals surface area contributed by atoms with Crippen molar-refractivity contribution in [2.24, 2.45) is 5.16 Å². The third-order valence-electron chi connectivity index (χ3n) is 6.19. The Hall–Kier alpha value is -3.69. The lowest BCUT2D eigenvalue weighted by Crippen LogP contribution is -2.34. The van der Waals surface area contributed by atoms with Crippen LogP contribution < -0.4 is 19.2 Å². The second kappa shape index (κ2) is 9.28. The van der Waals surface area contributed by atoms with Crippen LogP contribution in [-0.2, 0) is 0 Å². The van der Waals surface area contributed by atoms with Gasteiger partial charge in [0.2, 0.25) is 12.7 Å². The minimum Gasteiger partial charge on any atom is -0.454 e. The molecule has 0 N–H and O–H groups in total. The molecule has 0 radical (unpaired) electrons. The summed E-state index contributed by atoms with van der Waals surface area (Å²) in [5.41, 5.74) is 2.45. The Morgan fingerprint density at radius 3 is 2.71 bits per heavy atom. The van der Waals surface area contributed by atoms with E-state index in [2.05, 4.69) is 44.0 Å². The van der Waals surface area contributed by atoms with Gasteiger partial charge in [-0.25, -0.2) is 4.98 Å². The van der Waals surface area contributed by atoms with Crippen molar-refractivity contribution >= 4 is 11.5 Å². The van der Waals surface area contributed by atoms with Crippen molar-refractivity contribution in [1.82, 2.24) is 20.1 Å². The maximum absolute atomic E-state index is 5.72. The molecule has 0 saturated carbocycles. The second-order valence-corrected chi connectivity index (χ2v) is 8.87. The lowest BCUT2D eigenvalue weighted by atomic mass is 9.96. The van der Waals surface area contributed by atoms with Gasteiger partial charge in [-0.05, 0) is 44.9 Å². The van der Waals surface area contributed by atoms with Crippen LogP contribution in [0.5, 0.6) is 17.4 Å². The molecule has 0 spiro atoms. The number of oxime groups is 1. The minimum absolute atomic E-state index is 0.236. The van der Waals surface area contributed by atoms with Gasteiger partial charge in [-0.3, -0.25) is 0 Å². The number of hydrogen-bond acceptors (Lipinski definition) is 10. The highest BCUT2D eigenvalue weighted by Gasteiger charge is 2.27. The highest BCUT2D eigenvalue weighted by Crippen LogP contribution is 2.34. The van der Waals surface area contributed by atoms with Gasteiger partial charge in [-0.15, -0.1) is 0 Å². The quantitative estimate of drug-likeness (QED) is 0.391. The molecule has 0 atom stereocenters. The Balaban J connectivity index is 1.25. The van der Waals surface area contributed by atoms with Gasteiger partial charge in [0.15, 0.2) is 17.3 Å². The van der Waals surface area contributed by atoms with E-state index in [9.17, 15) is 0 Å². The van der Waals surface area contributed by atoms with Crippen LogP contribution in [0.2, 0.25) is 0 Å². The van der Waals surface area contributed by atoms with E-state index in [1.807, 2.05) is 32.0 Å². The van der Waals surface area contributed by atoms with E-state index in [0.29, 0.717) is 17.3 Å². The summed E-state index contributed by atoms with van der Waals surface area (Å²) in [7, 11) is 0. The maximum Gasteiger partial charge on any atom is 0.256 e. The molecule has 34 heavy (non-hydrogen) atoms. The molecule has 4 heterocycles. The van der Waals surface area contributed by atoms with Crippen molar-refractivity contribution < 1.29 is 18.8 Å². The van der Waals surface area contributed by atoms with E-state index in [0.717, 1.165) is 60.3 Å². The number of anilines is 1. The first-order chi connectivity index (χ1) is 16.5. The third-order valence-corrected chi connectivity index (χ3v) is 6.19. The average Bonchev–Trinajstić information content (AvgIpc) is 3.53. The third kappa shape index (κ3) is 4.40. The number of nitrogens with zero attached hydrogens (tertiary/aromatic N) is 6. The largest absolute Gasteiger partial charge is 0.454 e. The van der Waals surface area contributed by atoms with E-state index in [4.69, 9.17) is 18.8 Å². The zero-order valence-electron chi connectivity index (χ0n) is 19.8. The monoisotopic (exact) mass is 464 g/mol. The fraction of sp³-hybridized carbons (Fsp3) is 0.458. The van der Waals surface area contributed by atoms with Crippen LogP contribution in [0.1, 0.15) is 68.3 Å². The lowest BCUT2D eigenvalue weighted by molar-refractivity contribution is 0.174. The van der Waals surface area contributed by atoms with Crippen LogP contribution in [0, 0.1) is 6.92 Å². The second-order valence-electron chi connectivity index (χ2n) is 8.87. The van der Waals surface area contributed by atoms with E-state index in [1.54, 1.807) is 0 Å². The Bertz CT molecular complexity index is 1200. The summed E-state index contributed by atoms with van der Waals surface area (Å²) >= 11 is 0. The summed E-state index contributed by atoms with van der Waals surface area (Å²) in [6.45, 7) is 9.86. The van der Waals surface area contributed by atoms with Crippen LogP contribution in [0.25, 0.3) is 0 Å². The smallest absolute Gasteiger partial charge is 0.256 e. The van der Waals surface area contributed by atoms with Gasteiger partial charge >= 0.3 is 0 Å². The topological polar surface area (TPSA) is 108 Å². The molecule has 0 bridgehead atoms. The van der Waals surface area contributed by atoms with E-state index in [1.165, 1.54) is 6.33 Å². The first-order valence-corrected chi connectivity index (χ1v) is 11.5. The van der Waals surface area contributed by atoms with Crippen molar-refractivity contribution in [2.45, 2.75) is 52.4 Å². The molecule has 10 nitrogen and oxygen atoms in total. The lowest BCUT2D eigenvalue weighted by Gasteiger charge is -2.32. The molecule has 2 aliphatic rings. The molecule has 10 heteroatoms. The van der Waals surface area contributed by atoms with Crippen molar-refractivity contribution in [3.8, 4) is 17.4 Å². The molecule has 5 rings (SSSR count). The predicted molar refractivity (Wildman–Crippen MR) is 125 cm³/mol. The summed E-state index contributed by atoms with van der Waals surface area (Å²) in [4.78, 5) is 21.4. The van der Waals surface area contributed by atoms with Gasteiger partial charge in [-0.2, -0.15) is 9.97 Å². The van der Waals surface area contributed by atoms with Gasteiger partial charge < -0.3 is 23.7 Å². The molecule has 1 fully saturated rings.